The fourth-order valence-corrected chi connectivity index (χ4v) is 5.53. The van der Waals surface area contributed by atoms with E-state index in [1.54, 1.807) is 6.08 Å². The van der Waals surface area contributed by atoms with Crippen LogP contribution >= 0.6 is 43.6 Å². The van der Waals surface area contributed by atoms with Crippen LogP contribution in [-0.2, 0) is 11.4 Å². The van der Waals surface area contributed by atoms with Crippen LogP contribution in [0.4, 0.5) is 4.79 Å². The van der Waals surface area contributed by atoms with Crippen LogP contribution in [0, 0.1) is 5.92 Å². The first-order valence-corrected chi connectivity index (χ1v) is 12.8. The molecule has 2 amide bonds. The molecular formula is C24H23Br2NO3S. The normalized spacial score (nSPS) is 18.8. The van der Waals surface area contributed by atoms with Gasteiger partial charge in [0.2, 0.25) is 0 Å². The number of thioether (sulfide) groups is 1. The van der Waals surface area contributed by atoms with Crippen molar-refractivity contribution in [2.45, 2.75) is 38.7 Å². The van der Waals surface area contributed by atoms with E-state index in [9.17, 15) is 9.59 Å². The summed E-state index contributed by atoms with van der Waals surface area (Å²) in [6, 6.07) is 13.7. The maximum absolute atomic E-state index is 12.8. The van der Waals surface area contributed by atoms with Crippen molar-refractivity contribution in [1.82, 2.24) is 4.90 Å². The van der Waals surface area contributed by atoms with Crippen LogP contribution in [-0.4, -0.2) is 22.6 Å². The summed E-state index contributed by atoms with van der Waals surface area (Å²) < 4.78 is 7.75. The zero-order chi connectivity index (χ0) is 21.8. The summed E-state index contributed by atoms with van der Waals surface area (Å²) in [4.78, 5) is 27.1. The van der Waals surface area contributed by atoms with Gasteiger partial charge in [-0.25, -0.2) is 0 Å². The van der Waals surface area contributed by atoms with Gasteiger partial charge in [0, 0.05) is 11.0 Å². The fourth-order valence-electron chi connectivity index (χ4n) is 3.90. The minimum atomic E-state index is -0.174. The second kappa shape index (κ2) is 10.4. The lowest BCUT2D eigenvalue weighted by Gasteiger charge is -2.25. The minimum absolute atomic E-state index is 0.157. The Morgan fingerprint density at radius 2 is 1.77 bits per heavy atom. The van der Waals surface area contributed by atoms with E-state index >= 15 is 0 Å². The molecule has 0 aromatic heterocycles. The van der Waals surface area contributed by atoms with E-state index in [0.29, 0.717) is 24.0 Å². The van der Waals surface area contributed by atoms with E-state index in [2.05, 4.69) is 31.9 Å². The molecule has 1 aliphatic carbocycles. The fraction of sp³-hybridized carbons (Fsp3) is 0.333. The molecule has 162 valence electrons. The average molecular weight is 565 g/mol. The maximum atomic E-state index is 12.8. The predicted molar refractivity (Wildman–Crippen MR) is 132 cm³/mol. The van der Waals surface area contributed by atoms with Gasteiger partial charge in [0.15, 0.2) is 0 Å². The van der Waals surface area contributed by atoms with Crippen molar-refractivity contribution in [3.05, 3.63) is 67.4 Å². The molecule has 1 saturated heterocycles. The van der Waals surface area contributed by atoms with Gasteiger partial charge < -0.3 is 4.74 Å². The topological polar surface area (TPSA) is 46.6 Å². The first-order valence-electron chi connectivity index (χ1n) is 10.4. The number of amides is 2. The first-order chi connectivity index (χ1) is 15.0. The minimum Gasteiger partial charge on any atom is -0.488 e. The van der Waals surface area contributed by atoms with Gasteiger partial charge in [-0.2, -0.15) is 0 Å². The second-order valence-electron chi connectivity index (χ2n) is 7.90. The van der Waals surface area contributed by atoms with Crippen molar-refractivity contribution in [3.63, 3.8) is 0 Å². The molecule has 31 heavy (non-hydrogen) atoms. The molecule has 4 nitrogen and oxygen atoms in total. The molecule has 1 aliphatic heterocycles. The number of rotatable bonds is 6. The molecule has 2 aliphatic rings. The average Bonchev–Trinajstić information content (AvgIpc) is 3.02. The van der Waals surface area contributed by atoms with Crippen molar-refractivity contribution in [1.29, 1.82) is 0 Å². The maximum Gasteiger partial charge on any atom is 0.293 e. The van der Waals surface area contributed by atoms with Crippen molar-refractivity contribution in [3.8, 4) is 5.75 Å². The Kier molecular flexibility index (Phi) is 7.56. The van der Waals surface area contributed by atoms with Crippen LogP contribution in [0.2, 0.25) is 0 Å². The lowest BCUT2D eigenvalue weighted by Crippen LogP contribution is -2.34. The molecule has 0 bridgehead atoms. The Labute approximate surface area is 203 Å². The van der Waals surface area contributed by atoms with Crippen molar-refractivity contribution in [2.24, 2.45) is 5.92 Å². The third-order valence-electron chi connectivity index (χ3n) is 5.60. The van der Waals surface area contributed by atoms with E-state index in [0.717, 1.165) is 50.4 Å². The summed E-state index contributed by atoms with van der Waals surface area (Å²) in [7, 11) is 0. The zero-order valence-corrected chi connectivity index (χ0v) is 21.0. The largest absolute Gasteiger partial charge is 0.488 e. The summed E-state index contributed by atoms with van der Waals surface area (Å²) in [5, 5.41) is -0.157. The van der Waals surface area contributed by atoms with Crippen LogP contribution in [0.3, 0.4) is 0 Å². The Balaban J connectivity index is 1.41. The van der Waals surface area contributed by atoms with Crippen LogP contribution in [0.1, 0.15) is 43.2 Å². The number of imide groups is 1. The standard InChI is InChI=1S/C24H23Br2NO3S/c25-19-9-6-17(7-10-19)15-30-21-11-8-18(12-20(21)26)13-22-23(28)27(24(29)31-22)14-16-4-2-1-3-5-16/h6-13,16H,1-5,14-15H2/b22-13+. The molecule has 0 spiro atoms. The molecule has 1 heterocycles. The molecule has 7 heteroatoms. The molecule has 0 unspecified atom stereocenters. The van der Waals surface area contributed by atoms with E-state index in [1.807, 2.05) is 42.5 Å². The van der Waals surface area contributed by atoms with Crippen molar-refractivity contribution >= 4 is 60.8 Å². The van der Waals surface area contributed by atoms with E-state index in [-0.39, 0.29) is 11.1 Å². The zero-order valence-electron chi connectivity index (χ0n) is 17.0. The van der Waals surface area contributed by atoms with E-state index in [4.69, 9.17) is 4.74 Å². The molecule has 2 aromatic carbocycles. The Morgan fingerprint density at radius 1 is 1.03 bits per heavy atom. The Hall–Kier alpha value is -1.57. The van der Waals surface area contributed by atoms with Gasteiger partial charge >= 0.3 is 0 Å². The molecule has 1 saturated carbocycles. The Bertz CT molecular complexity index is 1000. The van der Waals surface area contributed by atoms with Crippen LogP contribution in [0.25, 0.3) is 6.08 Å². The summed E-state index contributed by atoms with van der Waals surface area (Å²) in [6.07, 6.45) is 7.65. The molecule has 0 atom stereocenters. The summed E-state index contributed by atoms with van der Waals surface area (Å²) in [6.45, 7) is 1.01. The molecule has 4 rings (SSSR count). The highest BCUT2D eigenvalue weighted by Crippen LogP contribution is 2.36. The number of carbonyl (C=O) groups excluding carboxylic acids is 2. The highest BCUT2D eigenvalue weighted by atomic mass is 79.9. The quantitative estimate of drug-likeness (QED) is 0.343. The number of ether oxygens (including phenoxy) is 1. The SMILES string of the molecule is O=C1S/C(=C/c2ccc(OCc3ccc(Br)cc3)c(Br)c2)C(=O)N1CC1CCCCC1. The summed E-state index contributed by atoms with van der Waals surface area (Å²) in [5.41, 5.74) is 1.93. The van der Waals surface area contributed by atoms with E-state index in [1.165, 1.54) is 24.2 Å². The highest BCUT2D eigenvalue weighted by molar-refractivity contribution is 9.10. The Morgan fingerprint density at radius 3 is 2.48 bits per heavy atom. The third-order valence-corrected chi connectivity index (χ3v) is 7.66. The van der Waals surface area contributed by atoms with Crippen molar-refractivity contribution in [2.75, 3.05) is 6.54 Å². The van der Waals surface area contributed by atoms with Gasteiger partial charge in [-0.1, -0.05) is 53.4 Å². The van der Waals surface area contributed by atoms with Gasteiger partial charge in [0.05, 0.1) is 9.38 Å². The van der Waals surface area contributed by atoms with Gasteiger partial charge in [-0.15, -0.1) is 0 Å². The van der Waals surface area contributed by atoms with Crippen molar-refractivity contribution < 1.29 is 14.3 Å². The van der Waals surface area contributed by atoms with Gasteiger partial charge in [0.25, 0.3) is 11.1 Å². The number of halogens is 2. The van der Waals surface area contributed by atoms with Crippen LogP contribution < -0.4 is 4.74 Å². The highest BCUT2D eigenvalue weighted by Gasteiger charge is 2.36. The molecule has 2 fully saturated rings. The van der Waals surface area contributed by atoms with Gasteiger partial charge in [0.1, 0.15) is 12.4 Å². The smallest absolute Gasteiger partial charge is 0.293 e. The number of nitrogens with zero attached hydrogens (tertiary/aromatic N) is 1. The molecule has 2 aromatic rings. The van der Waals surface area contributed by atoms with Crippen LogP contribution in [0.5, 0.6) is 5.75 Å². The van der Waals surface area contributed by atoms with Gasteiger partial charge in [-0.3, -0.25) is 14.5 Å². The monoisotopic (exact) mass is 563 g/mol. The second-order valence-corrected chi connectivity index (χ2v) is 10.7. The molecule has 0 N–H and O–H groups in total. The first kappa shape index (κ1) is 22.6. The lowest BCUT2D eigenvalue weighted by atomic mass is 9.89. The summed E-state index contributed by atoms with van der Waals surface area (Å²) >= 11 is 8.02. The van der Waals surface area contributed by atoms with Gasteiger partial charge in [-0.05, 0) is 87.9 Å². The number of benzene rings is 2. The third kappa shape index (κ3) is 5.82. The molecule has 0 radical (unpaired) electrons. The number of hydrogen-bond acceptors (Lipinski definition) is 4. The summed E-state index contributed by atoms with van der Waals surface area (Å²) in [5.74, 6) is 0.996. The lowest BCUT2D eigenvalue weighted by molar-refractivity contribution is -0.123. The van der Waals surface area contributed by atoms with Crippen LogP contribution in [0.15, 0.2) is 56.3 Å². The van der Waals surface area contributed by atoms with E-state index < -0.39 is 0 Å². The number of hydrogen-bond donors (Lipinski definition) is 0. The molecular weight excluding hydrogens is 542 g/mol. The predicted octanol–water partition coefficient (Wildman–Crippen LogP) is 7.41. The number of carbonyl (C=O) groups is 2.